The van der Waals surface area contributed by atoms with Gasteiger partial charge in [-0.1, -0.05) is 6.92 Å². The van der Waals surface area contributed by atoms with Crippen molar-refractivity contribution in [3.05, 3.63) is 35.2 Å². The van der Waals surface area contributed by atoms with Crippen LogP contribution in [0, 0.1) is 6.92 Å². The molecule has 0 fully saturated rings. The largest absolute Gasteiger partial charge is 0.490 e. The maximum Gasteiger partial charge on any atom is 0.279 e. The summed E-state index contributed by atoms with van der Waals surface area (Å²) < 4.78 is 36.6. The third-order valence-electron chi connectivity index (χ3n) is 5.32. The molecule has 0 saturated carbocycles. The lowest BCUT2D eigenvalue weighted by Gasteiger charge is -2.15. The molecule has 0 unspecified atom stereocenters. The Morgan fingerprint density at radius 3 is 2.53 bits per heavy atom. The summed E-state index contributed by atoms with van der Waals surface area (Å²) in [7, 11) is -0.789. The number of imidazole rings is 1. The predicted molar refractivity (Wildman–Crippen MR) is 135 cm³/mol. The first-order chi connectivity index (χ1) is 17.0. The van der Waals surface area contributed by atoms with Crippen molar-refractivity contribution < 1.29 is 22.7 Å². The van der Waals surface area contributed by atoms with Gasteiger partial charge in [0.25, 0.3) is 16.1 Å². The zero-order valence-electron chi connectivity index (χ0n) is 21.0. The number of fused-ring (bicyclic) bond motifs is 1. The van der Waals surface area contributed by atoms with Gasteiger partial charge < -0.3 is 15.0 Å². The van der Waals surface area contributed by atoms with E-state index >= 15 is 0 Å². The maximum absolute atomic E-state index is 13.1. The Bertz CT molecular complexity index is 1380. The molecule has 1 aromatic carbocycles. The standard InChI is InChI=1S/C22H32N8O5S/c1-6-9-29-19-16(25-22(29)26-21(32)17-11-14(3)27-30(17)7-2)12-15(20(23)31)13-18(19)35-10-8-24-36(33,34)28(4)5/h11-13,24H,6-10H2,1-5H3,(H2,23,31)(H,25,26,32). The molecule has 0 aliphatic heterocycles. The number of aryl methyl sites for hydroxylation is 3. The third-order valence-corrected chi connectivity index (χ3v) is 6.85. The molecule has 0 bridgehead atoms. The number of anilines is 1. The van der Waals surface area contributed by atoms with E-state index in [0.29, 0.717) is 35.6 Å². The fourth-order valence-electron chi connectivity index (χ4n) is 3.61. The van der Waals surface area contributed by atoms with E-state index in [1.807, 2.05) is 20.8 Å². The summed E-state index contributed by atoms with van der Waals surface area (Å²) in [5.74, 6) is -0.479. The van der Waals surface area contributed by atoms with Gasteiger partial charge >= 0.3 is 0 Å². The van der Waals surface area contributed by atoms with Crippen molar-refractivity contribution in [2.45, 2.75) is 40.3 Å². The third kappa shape index (κ3) is 5.83. The quantitative estimate of drug-likeness (QED) is 0.301. The van der Waals surface area contributed by atoms with Gasteiger partial charge in [-0.05, 0) is 38.5 Å². The molecule has 2 heterocycles. The minimum Gasteiger partial charge on any atom is -0.490 e. The minimum atomic E-state index is -3.62. The first kappa shape index (κ1) is 27.1. The molecule has 4 N–H and O–H groups in total. The predicted octanol–water partition coefficient (Wildman–Crippen LogP) is 1.10. The molecule has 14 heteroatoms. The highest BCUT2D eigenvalue weighted by Crippen LogP contribution is 2.31. The Morgan fingerprint density at radius 2 is 1.92 bits per heavy atom. The molecule has 3 aromatic rings. The Balaban J connectivity index is 1.98. The van der Waals surface area contributed by atoms with Crippen LogP contribution in [0.5, 0.6) is 5.75 Å². The summed E-state index contributed by atoms with van der Waals surface area (Å²) >= 11 is 0. The van der Waals surface area contributed by atoms with Gasteiger partial charge in [-0.2, -0.15) is 22.5 Å². The highest BCUT2D eigenvalue weighted by atomic mass is 32.2. The van der Waals surface area contributed by atoms with Gasteiger partial charge in [-0.25, -0.2) is 4.98 Å². The molecular weight excluding hydrogens is 488 g/mol. The van der Waals surface area contributed by atoms with Gasteiger partial charge in [0.1, 0.15) is 23.6 Å². The van der Waals surface area contributed by atoms with Crippen molar-refractivity contribution in [1.82, 2.24) is 28.4 Å². The zero-order chi connectivity index (χ0) is 26.6. The second-order valence-electron chi connectivity index (χ2n) is 8.26. The van der Waals surface area contributed by atoms with E-state index in [1.54, 1.807) is 15.3 Å². The minimum absolute atomic E-state index is 0.00529. The van der Waals surface area contributed by atoms with Crippen LogP contribution in [-0.2, 0) is 23.3 Å². The van der Waals surface area contributed by atoms with Crippen molar-refractivity contribution in [2.75, 3.05) is 32.6 Å². The summed E-state index contributed by atoms with van der Waals surface area (Å²) in [6.45, 7) is 6.68. The number of carbonyl (C=O) groups excluding carboxylic acids is 2. The lowest BCUT2D eigenvalue weighted by atomic mass is 10.1. The molecule has 3 rings (SSSR count). The normalized spacial score (nSPS) is 11.8. The number of hydrogen-bond donors (Lipinski definition) is 3. The summed E-state index contributed by atoms with van der Waals surface area (Å²) in [6.07, 6.45) is 0.722. The molecule has 0 aliphatic carbocycles. The number of amides is 2. The van der Waals surface area contributed by atoms with E-state index in [0.717, 1.165) is 16.4 Å². The van der Waals surface area contributed by atoms with E-state index in [2.05, 4.69) is 20.1 Å². The monoisotopic (exact) mass is 520 g/mol. The number of nitrogens with one attached hydrogen (secondary N) is 2. The van der Waals surface area contributed by atoms with Gasteiger partial charge in [-0.15, -0.1) is 0 Å². The SMILES string of the molecule is CCCn1c(NC(=O)c2cc(C)nn2CC)nc2cc(C(N)=O)cc(OCCNS(=O)(=O)N(C)C)c21. The fraction of sp³-hybridized carbons (Fsp3) is 0.455. The maximum atomic E-state index is 13.1. The average molecular weight is 521 g/mol. The van der Waals surface area contributed by atoms with Crippen LogP contribution in [0.15, 0.2) is 18.2 Å². The van der Waals surface area contributed by atoms with Gasteiger partial charge in [0, 0.05) is 39.3 Å². The number of carbonyl (C=O) groups is 2. The van der Waals surface area contributed by atoms with Crippen molar-refractivity contribution in [2.24, 2.45) is 5.73 Å². The molecule has 36 heavy (non-hydrogen) atoms. The number of aromatic nitrogens is 4. The van der Waals surface area contributed by atoms with Crippen LogP contribution < -0.4 is 20.5 Å². The van der Waals surface area contributed by atoms with Crippen molar-refractivity contribution >= 4 is 39.0 Å². The highest BCUT2D eigenvalue weighted by molar-refractivity contribution is 7.87. The number of rotatable bonds is 12. The van der Waals surface area contributed by atoms with Crippen LogP contribution in [0.1, 0.15) is 46.8 Å². The van der Waals surface area contributed by atoms with E-state index in [-0.39, 0.29) is 30.6 Å². The highest BCUT2D eigenvalue weighted by Gasteiger charge is 2.22. The van der Waals surface area contributed by atoms with Crippen LogP contribution in [0.2, 0.25) is 0 Å². The van der Waals surface area contributed by atoms with Gasteiger partial charge in [0.2, 0.25) is 11.9 Å². The Kier molecular flexibility index (Phi) is 8.32. The van der Waals surface area contributed by atoms with E-state index < -0.39 is 16.1 Å². The molecular formula is C22H32N8O5S. The van der Waals surface area contributed by atoms with Gasteiger partial charge in [0.05, 0.1) is 11.2 Å². The van der Waals surface area contributed by atoms with Crippen LogP contribution in [0.25, 0.3) is 11.0 Å². The summed E-state index contributed by atoms with van der Waals surface area (Å²) in [5, 5.41) is 7.16. The molecule has 0 spiro atoms. The first-order valence-electron chi connectivity index (χ1n) is 11.5. The fourth-order valence-corrected chi connectivity index (χ4v) is 4.21. The zero-order valence-corrected chi connectivity index (χ0v) is 21.8. The topological polar surface area (TPSA) is 166 Å². The van der Waals surface area contributed by atoms with Crippen molar-refractivity contribution in [3.63, 3.8) is 0 Å². The van der Waals surface area contributed by atoms with Crippen molar-refractivity contribution in [1.29, 1.82) is 0 Å². The second-order valence-corrected chi connectivity index (χ2v) is 10.2. The first-order valence-corrected chi connectivity index (χ1v) is 12.9. The number of nitrogens with zero attached hydrogens (tertiary/aromatic N) is 5. The van der Waals surface area contributed by atoms with E-state index in [4.69, 9.17) is 10.5 Å². The Labute approximate surface area is 209 Å². The smallest absolute Gasteiger partial charge is 0.279 e. The molecule has 0 aliphatic rings. The van der Waals surface area contributed by atoms with Gasteiger partial charge in [0.15, 0.2) is 0 Å². The summed E-state index contributed by atoms with van der Waals surface area (Å²) in [6, 6.07) is 4.71. The van der Waals surface area contributed by atoms with E-state index in [1.165, 1.54) is 26.2 Å². The Hall–Kier alpha value is -3.49. The van der Waals surface area contributed by atoms with Crippen LogP contribution in [0.3, 0.4) is 0 Å². The molecule has 13 nitrogen and oxygen atoms in total. The molecule has 0 radical (unpaired) electrons. The second kappa shape index (κ2) is 11.1. The number of hydrogen-bond acceptors (Lipinski definition) is 7. The van der Waals surface area contributed by atoms with E-state index in [9.17, 15) is 18.0 Å². The number of benzene rings is 1. The van der Waals surface area contributed by atoms with Gasteiger partial charge in [-0.3, -0.25) is 19.6 Å². The molecule has 0 saturated heterocycles. The Morgan fingerprint density at radius 1 is 1.19 bits per heavy atom. The van der Waals surface area contributed by atoms with Crippen molar-refractivity contribution in [3.8, 4) is 5.75 Å². The average Bonchev–Trinajstić information content (AvgIpc) is 3.36. The molecule has 196 valence electrons. The van der Waals surface area contributed by atoms with Crippen LogP contribution in [-0.4, -0.2) is 71.1 Å². The van der Waals surface area contributed by atoms with Crippen LogP contribution >= 0.6 is 0 Å². The summed E-state index contributed by atoms with van der Waals surface area (Å²) in [4.78, 5) is 29.6. The molecule has 2 aromatic heterocycles. The lowest BCUT2D eigenvalue weighted by molar-refractivity contribution is 0.0995. The number of ether oxygens (including phenoxy) is 1. The number of primary amides is 1. The molecule has 2 amide bonds. The lowest BCUT2D eigenvalue weighted by Crippen LogP contribution is -2.37. The summed E-state index contributed by atoms with van der Waals surface area (Å²) in [5.41, 5.74) is 7.74. The molecule has 0 atom stereocenters. The number of nitrogens with two attached hydrogens (primary N) is 1. The van der Waals surface area contributed by atoms with Crippen LogP contribution in [0.4, 0.5) is 5.95 Å².